The van der Waals surface area contributed by atoms with E-state index in [0.717, 1.165) is 38.0 Å². The summed E-state index contributed by atoms with van der Waals surface area (Å²) < 4.78 is 0. The molecule has 2 aliphatic carbocycles. The van der Waals surface area contributed by atoms with Crippen molar-refractivity contribution in [1.82, 2.24) is 10.2 Å². The Labute approximate surface area is 114 Å². The zero-order chi connectivity index (χ0) is 13.8. The Hall–Kier alpha value is -1.26. The molecule has 1 unspecified atom stereocenters. The Morgan fingerprint density at radius 2 is 1.89 bits per heavy atom. The molecule has 2 saturated carbocycles. The molecule has 0 radical (unpaired) electrons. The standard InChI is InChI=1S/C14H24N2O3/c1-10(8-11-6-7-11)15-14(19)16(9-13(17)18)12-4-2-3-5-12/h10-12H,2-9H2,1H3,(H,15,19)(H,17,18). The molecule has 0 saturated heterocycles. The maximum atomic E-state index is 12.2. The Morgan fingerprint density at radius 3 is 2.42 bits per heavy atom. The van der Waals surface area contributed by atoms with E-state index in [1.807, 2.05) is 6.92 Å². The molecule has 2 fully saturated rings. The summed E-state index contributed by atoms with van der Waals surface area (Å²) >= 11 is 0. The van der Waals surface area contributed by atoms with Crippen LogP contribution >= 0.6 is 0 Å². The highest BCUT2D eigenvalue weighted by molar-refractivity contribution is 5.80. The van der Waals surface area contributed by atoms with Crippen LogP contribution in [0.5, 0.6) is 0 Å². The van der Waals surface area contributed by atoms with Crippen LogP contribution in [0.2, 0.25) is 0 Å². The van der Waals surface area contributed by atoms with Crippen molar-refractivity contribution >= 4 is 12.0 Å². The summed E-state index contributed by atoms with van der Waals surface area (Å²) in [5.74, 6) is -0.174. The van der Waals surface area contributed by atoms with Gasteiger partial charge in [-0.05, 0) is 32.1 Å². The predicted octanol–water partition coefficient (Wildman–Crippen LogP) is 2.21. The lowest BCUT2D eigenvalue weighted by atomic mass is 10.1. The first kappa shape index (κ1) is 14.2. The number of amides is 2. The number of hydrogen-bond donors (Lipinski definition) is 2. The van der Waals surface area contributed by atoms with Crippen molar-refractivity contribution in [3.05, 3.63) is 0 Å². The van der Waals surface area contributed by atoms with Gasteiger partial charge in [0.1, 0.15) is 6.54 Å². The molecule has 0 aromatic heterocycles. The van der Waals surface area contributed by atoms with Crippen LogP contribution in [0.1, 0.15) is 51.9 Å². The number of nitrogens with zero attached hydrogens (tertiary/aromatic N) is 1. The summed E-state index contributed by atoms with van der Waals surface area (Å²) in [6.45, 7) is 1.82. The first-order valence-electron chi connectivity index (χ1n) is 7.35. The van der Waals surface area contributed by atoms with Crippen molar-refractivity contribution in [2.75, 3.05) is 6.54 Å². The lowest BCUT2D eigenvalue weighted by molar-refractivity contribution is -0.138. The molecule has 5 nitrogen and oxygen atoms in total. The van der Waals surface area contributed by atoms with Gasteiger partial charge in [-0.25, -0.2) is 4.79 Å². The minimum absolute atomic E-state index is 0.101. The third-order valence-corrected chi connectivity index (χ3v) is 4.09. The van der Waals surface area contributed by atoms with Crippen LogP contribution < -0.4 is 5.32 Å². The van der Waals surface area contributed by atoms with Gasteiger partial charge in [-0.3, -0.25) is 4.79 Å². The molecule has 0 aromatic carbocycles. The molecule has 108 valence electrons. The number of hydrogen-bond acceptors (Lipinski definition) is 2. The topological polar surface area (TPSA) is 69.6 Å². The maximum Gasteiger partial charge on any atom is 0.323 e. The molecule has 0 heterocycles. The molecular formula is C14H24N2O3. The average Bonchev–Trinajstić information content (AvgIpc) is 2.96. The third kappa shape index (κ3) is 4.40. The SMILES string of the molecule is CC(CC1CC1)NC(=O)N(CC(=O)O)C1CCCC1. The number of carboxylic acid groups (broad SMARTS) is 1. The molecule has 5 heteroatoms. The quantitative estimate of drug-likeness (QED) is 0.776. The number of carbonyl (C=O) groups excluding carboxylic acids is 1. The van der Waals surface area contributed by atoms with E-state index in [1.165, 1.54) is 17.7 Å². The first-order chi connectivity index (χ1) is 9.06. The van der Waals surface area contributed by atoms with E-state index in [9.17, 15) is 9.59 Å². The molecule has 1 atom stereocenters. The number of urea groups is 1. The second-order valence-corrected chi connectivity index (χ2v) is 5.99. The first-order valence-corrected chi connectivity index (χ1v) is 7.35. The molecule has 0 aromatic rings. The third-order valence-electron chi connectivity index (χ3n) is 4.09. The fraction of sp³-hybridized carbons (Fsp3) is 0.857. The van der Waals surface area contributed by atoms with Crippen LogP contribution in [0, 0.1) is 5.92 Å². The Kier molecular flexibility index (Phi) is 4.66. The normalized spacial score (nSPS) is 21.1. The number of aliphatic carboxylic acids is 1. The fourth-order valence-electron chi connectivity index (χ4n) is 2.93. The van der Waals surface area contributed by atoms with Crippen molar-refractivity contribution < 1.29 is 14.7 Å². The van der Waals surface area contributed by atoms with Gasteiger partial charge in [-0.2, -0.15) is 0 Å². The van der Waals surface area contributed by atoms with Crippen LogP contribution in [0.4, 0.5) is 4.79 Å². The summed E-state index contributed by atoms with van der Waals surface area (Å²) in [7, 11) is 0. The molecule has 0 bridgehead atoms. The van der Waals surface area contributed by atoms with E-state index in [0.29, 0.717) is 0 Å². The minimum atomic E-state index is -0.933. The van der Waals surface area contributed by atoms with Gasteiger partial charge in [0.05, 0.1) is 0 Å². The summed E-state index contributed by atoms with van der Waals surface area (Å²) in [5.41, 5.74) is 0. The number of rotatable bonds is 6. The van der Waals surface area contributed by atoms with E-state index in [1.54, 1.807) is 0 Å². The van der Waals surface area contributed by atoms with E-state index < -0.39 is 5.97 Å². The fourth-order valence-corrected chi connectivity index (χ4v) is 2.93. The van der Waals surface area contributed by atoms with Crippen molar-refractivity contribution in [2.24, 2.45) is 5.92 Å². The van der Waals surface area contributed by atoms with Crippen LogP contribution in [0.15, 0.2) is 0 Å². The predicted molar refractivity (Wildman–Crippen MR) is 71.9 cm³/mol. The molecule has 0 aliphatic heterocycles. The van der Waals surface area contributed by atoms with Crippen LogP contribution in [0.25, 0.3) is 0 Å². The molecule has 2 rings (SSSR count). The summed E-state index contributed by atoms with van der Waals surface area (Å²) in [4.78, 5) is 24.7. The van der Waals surface area contributed by atoms with Crippen molar-refractivity contribution in [1.29, 1.82) is 0 Å². The summed E-state index contributed by atoms with van der Waals surface area (Å²) in [6, 6.07) is 0.0318. The van der Waals surface area contributed by atoms with E-state index in [4.69, 9.17) is 5.11 Å². The summed E-state index contributed by atoms with van der Waals surface area (Å²) in [5, 5.41) is 11.9. The zero-order valence-corrected chi connectivity index (χ0v) is 11.6. The highest BCUT2D eigenvalue weighted by atomic mass is 16.4. The van der Waals surface area contributed by atoms with E-state index >= 15 is 0 Å². The monoisotopic (exact) mass is 268 g/mol. The van der Waals surface area contributed by atoms with Crippen LogP contribution in [-0.2, 0) is 4.79 Å². The van der Waals surface area contributed by atoms with E-state index in [-0.39, 0.29) is 24.7 Å². The Balaban J connectivity index is 1.87. The number of nitrogens with one attached hydrogen (secondary N) is 1. The largest absolute Gasteiger partial charge is 0.480 e. The van der Waals surface area contributed by atoms with Crippen molar-refractivity contribution in [3.8, 4) is 0 Å². The van der Waals surface area contributed by atoms with E-state index in [2.05, 4.69) is 5.32 Å². The van der Waals surface area contributed by atoms with Gasteiger partial charge in [0.2, 0.25) is 0 Å². The molecule has 19 heavy (non-hydrogen) atoms. The summed E-state index contributed by atoms with van der Waals surface area (Å²) in [6.07, 6.45) is 7.58. The molecule has 2 aliphatic rings. The lowest BCUT2D eigenvalue weighted by Crippen LogP contribution is -2.50. The second kappa shape index (κ2) is 6.26. The van der Waals surface area contributed by atoms with Gasteiger partial charge in [-0.15, -0.1) is 0 Å². The second-order valence-electron chi connectivity index (χ2n) is 5.99. The van der Waals surface area contributed by atoms with Crippen molar-refractivity contribution in [3.63, 3.8) is 0 Å². The Morgan fingerprint density at radius 1 is 1.26 bits per heavy atom. The number of carbonyl (C=O) groups is 2. The average molecular weight is 268 g/mol. The van der Waals surface area contributed by atoms with Gasteiger partial charge in [0.15, 0.2) is 0 Å². The Bertz CT molecular complexity index is 336. The van der Waals surface area contributed by atoms with Crippen LogP contribution in [0.3, 0.4) is 0 Å². The van der Waals surface area contributed by atoms with Crippen LogP contribution in [-0.4, -0.2) is 40.6 Å². The molecule has 2 amide bonds. The van der Waals surface area contributed by atoms with Gasteiger partial charge < -0.3 is 15.3 Å². The van der Waals surface area contributed by atoms with Gasteiger partial charge in [0, 0.05) is 12.1 Å². The highest BCUT2D eigenvalue weighted by Gasteiger charge is 2.30. The lowest BCUT2D eigenvalue weighted by Gasteiger charge is -2.29. The minimum Gasteiger partial charge on any atom is -0.480 e. The molecule has 2 N–H and O–H groups in total. The molecule has 0 spiro atoms. The van der Waals surface area contributed by atoms with Gasteiger partial charge in [0.25, 0.3) is 0 Å². The smallest absolute Gasteiger partial charge is 0.323 e. The van der Waals surface area contributed by atoms with Gasteiger partial charge in [-0.1, -0.05) is 25.7 Å². The molecular weight excluding hydrogens is 244 g/mol. The van der Waals surface area contributed by atoms with Crippen molar-refractivity contribution in [2.45, 2.75) is 64.0 Å². The maximum absolute atomic E-state index is 12.2. The highest BCUT2D eigenvalue weighted by Crippen LogP contribution is 2.33. The number of carboxylic acids is 1. The van der Waals surface area contributed by atoms with Gasteiger partial charge >= 0.3 is 12.0 Å². The zero-order valence-electron chi connectivity index (χ0n) is 11.6.